The van der Waals surface area contributed by atoms with E-state index in [1.165, 1.54) is 24.3 Å². The number of allylic oxidation sites excluding steroid dienone is 8. The molecule has 17 heteroatoms. The molecule has 0 saturated heterocycles. The van der Waals surface area contributed by atoms with Crippen LogP contribution in [0, 0.1) is 103 Å². The highest BCUT2D eigenvalue weighted by atomic mass is 19.4. The number of benzene rings is 3. The smallest absolute Gasteiger partial charge is 0.206 e. The number of hydrogen-bond acceptors (Lipinski definition) is 7. The average molecular weight is 713 g/mol. The third-order valence-corrected chi connectivity index (χ3v) is 7.88. The fraction of sp³-hybridized carbons (Fsp3) is 0.0571. The molecular formula is C35H5F10N7. The number of halogens is 10. The van der Waals surface area contributed by atoms with Gasteiger partial charge in [-0.25, -0.2) is 17.6 Å². The highest BCUT2D eigenvalue weighted by Gasteiger charge is 2.44. The molecule has 0 atom stereocenters. The molecule has 0 unspecified atom stereocenters. The Hall–Kier alpha value is -7.65. The molecule has 0 N–H and O–H groups in total. The van der Waals surface area contributed by atoms with Gasteiger partial charge in [-0.15, -0.1) is 0 Å². The van der Waals surface area contributed by atoms with Crippen LogP contribution in [0.3, 0.4) is 0 Å². The first-order chi connectivity index (χ1) is 24.4. The highest BCUT2D eigenvalue weighted by molar-refractivity contribution is 6.31. The molecule has 2 aliphatic carbocycles. The van der Waals surface area contributed by atoms with Crippen molar-refractivity contribution in [3.05, 3.63) is 115 Å². The number of rotatable bonds is 2. The monoisotopic (exact) mass is 713 g/mol. The minimum atomic E-state index is -5.53. The first kappa shape index (κ1) is 35.7. The second kappa shape index (κ2) is 12.3. The molecule has 250 valence electrons. The summed E-state index contributed by atoms with van der Waals surface area (Å²) in [5, 5.41) is 70.4. The summed E-state index contributed by atoms with van der Waals surface area (Å²) in [7, 11) is 0. The van der Waals surface area contributed by atoms with E-state index in [2.05, 4.69) is 0 Å². The summed E-state index contributed by atoms with van der Waals surface area (Å²) in [6, 6.07) is 12.2. The van der Waals surface area contributed by atoms with Gasteiger partial charge < -0.3 is 0 Å². The second-order valence-corrected chi connectivity index (χ2v) is 10.5. The Kier molecular flexibility index (Phi) is 8.47. The SMILES string of the molecule is N#CC(C#N)=C1C(c2cc(F)c(C(F)(F)F)c(F)c2)=C(C#N)c2cc3c(c(C#N)c21)C(=C(C#N)C#N)C(c1cc(F)c(C(F)(F)F)c(F)c1)=C3C#N. The Balaban J connectivity index is 2.00. The van der Waals surface area contributed by atoms with Gasteiger partial charge in [0.15, 0.2) is 0 Å². The Morgan fingerprint density at radius 3 is 1.00 bits per heavy atom. The van der Waals surface area contributed by atoms with Crippen molar-refractivity contribution in [2.45, 2.75) is 12.4 Å². The molecule has 0 bridgehead atoms. The topological polar surface area (TPSA) is 167 Å². The van der Waals surface area contributed by atoms with Crippen molar-refractivity contribution in [1.29, 1.82) is 36.8 Å². The lowest BCUT2D eigenvalue weighted by molar-refractivity contribution is -0.143. The molecule has 0 amide bonds. The van der Waals surface area contributed by atoms with Crippen molar-refractivity contribution in [3.8, 4) is 42.5 Å². The number of alkyl halides is 6. The van der Waals surface area contributed by atoms with E-state index in [9.17, 15) is 80.7 Å². The number of hydrogen-bond donors (Lipinski definition) is 0. The standard InChI is InChI=1S/C35H5F10N7/c36-22-1-13(2-23(37)32(22)34(40,41)42)26-19(10-50)17-5-18-20(11-51)27(14-3-24(38)33(25(39)4-14)35(43,44)45)29(16(8-48)9-49)31(18)21(12-52)30(17)28(26)15(6-46)7-47/h1-5H. The Morgan fingerprint density at radius 2 is 0.769 bits per heavy atom. The quantitative estimate of drug-likeness (QED) is 0.189. The molecule has 0 aliphatic heterocycles. The predicted octanol–water partition coefficient (Wildman–Crippen LogP) is 8.65. The molecule has 3 aromatic carbocycles. The molecular weight excluding hydrogens is 708 g/mol. The van der Waals surface area contributed by atoms with Crippen LogP contribution >= 0.6 is 0 Å². The lowest BCUT2D eigenvalue weighted by Crippen LogP contribution is -2.12. The van der Waals surface area contributed by atoms with Gasteiger partial charge in [-0.3, -0.25) is 0 Å². The van der Waals surface area contributed by atoms with Crippen LogP contribution in [0.15, 0.2) is 41.5 Å². The lowest BCUT2D eigenvalue weighted by Gasteiger charge is -2.16. The van der Waals surface area contributed by atoms with E-state index >= 15 is 0 Å². The van der Waals surface area contributed by atoms with Crippen LogP contribution in [0.2, 0.25) is 0 Å². The second-order valence-electron chi connectivity index (χ2n) is 10.5. The molecule has 7 nitrogen and oxygen atoms in total. The minimum Gasteiger partial charge on any atom is -0.206 e. The van der Waals surface area contributed by atoms with E-state index in [-0.39, 0.29) is 24.3 Å². The van der Waals surface area contributed by atoms with Gasteiger partial charge in [-0.2, -0.15) is 63.2 Å². The average Bonchev–Trinajstić information content (AvgIpc) is 3.55. The van der Waals surface area contributed by atoms with Crippen LogP contribution in [0.4, 0.5) is 43.9 Å². The lowest BCUT2D eigenvalue weighted by atomic mass is 9.84. The van der Waals surface area contributed by atoms with Crippen molar-refractivity contribution in [1.82, 2.24) is 0 Å². The van der Waals surface area contributed by atoms with Crippen LogP contribution in [0.25, 0.3) is 33.4 Å². The van der Waals surface area contributed by atoms with Crippen molar-refractivity contribution < 1.29 is 43.9 Å². The van der Waals surface area contributed by atoms with Gasteiger partial charge in [-0.05, 0) is 41.5 Å². The molecule has 0 radical (unpaired) electrons. The first-order valence-electron chi connectivity index (χ1n) is 13.6. The van der Waals surface area contributed by atoms with Gasteiger partial charge in [0.2, 0.25) is 0 Å². The highest BCUT2D eigenvalue weighted by Crippen LogP contribution is 2.57. The maximum atomic E-state index is 14.8. The molecule has 0 fully saturated rings. The van der Waals surface area contributed by atoms with Crippen molar-refractivity contribution >= 4 is 33.4 Å². The van der Waals surface area contributed by atoms with Gasteiger partial charge >= 0.3 is 12.4 Å². The van der Waals surface area contributed by atoms with E-state index in [1.807, 2.05) is 0 Å². The molecule has 0 spiro atoms. The number of nitrogens with zero attached hydrogens (tertiary/aromatic N) is 7. The molecule has 2 aliphatic rings. The minimum absolute atomic E-state index is 0.151. The Morgan fingerprint density at radius 1 is 0.462 bits per heavy atom. The fourth-order valence-corrected chi connectivity index (χ4v) is 6.04. The molecule has 0 saturated carbocycles. The van der Waals surface area contributed by atoms with Crippen LogP contribution < -0.4 is 0 Å². The predicted molar refractivity (Wildman–Crippen MR) is 155 cm³/mol. The molecule has 0 heterocycles. The van der Waals surface area contributed by atoms with E-state index in [0.29, 0.717) is 0 Å². The van der Waals surface area contributed by atoms with Crippen LogP contribution in [0.1, 0.15) is 50.1 Å². The molecule has 3 aromatic rings. The van der Waals surface area contributed by atoms with E-state index in [0.717, 1.165) is 6.07 Å². The fourth-order valence-electron chi connectivity index (χ4n) is 6.04. The summed E-state index contributed by atoms with van der Waals surface area (Å²) in [6.45, 7) is 0. The summed E-state index contributed by atoms with van der Waals surface area (Å²) in [4.78, 5) is 0. The van der Waals surface area contributed by atoms with Gasteiger partial charge in [0.1, 0.15) is 88.0 Å². The summed E-state index contributed by atoms with van der Waals surface area (Å²) in [6.07, 6.45) is -11.1. The van der Waals surface area contributed by atoms with Gasteiger partial charge in [0.05, 0.1) is 16.7 Å². The van der Waals surface area contributed by atoms with Crippen molar-refractivity contribution in [2.75, 3.05) is 0 Å². The van der Waals surface area contributed by atoms with Crippen molar-refractivity contribution in [2.24, 2.45) is 0 Å². The van der Waals surface area contributed by atoms with Gasteiger partial charge in [-0.1, -0.05) is 0 Å². The van der Waals surface area contributed by atoms with E-state index < -0.39 is 130 Å². The third kappa shape index (κ3) is 5.17. The van der Waals surface area contributed by atoms with Crippen LogP contribution in [-0.2, 0) is 12.4 Å². The maximum Gasteiger partial charge on any atom is 0.422 e. The molecule has 5 rings (SSSR count). The largest absolute Gasteiger partial charge is 0.422 e. The van der Waals surface area contributed by atoms with Crippen LogP contribution in [-0.4, -0.2) is 0 Å². The van der Waals surface area contributed by atoms with Crippen molar-refractivity contribution in [3.63, 3.8) is 0 Å². The third-order valence-electron chi connectivity index (χ3n) is 7.88. The summed E-state index contributed by atoms with van der Waals surface area (Å²) in [5.74, 6) is -8.69. The summed E-state index contributed by atoms with van der Waals surface area (Å²) < 4.78 is 140. The first-order valence-corrected chi connectivity index (χ1v) is 13.6. The zero-order valence-electron chi connectivity index (χ0n) is 24.8. The number of nitriles is 7. The zero-order chi connectivity index (χ0) is 38.6. The molecule has 52 heavy (non-hydrogen) atoms. The summed E-state index contributed by atoms with van der Waals surface area (Å²) >= 11 is 0. The van der Waals surface area contributed by atoms with E-state index in [4.69, 9.17) is 0 Å². The van der Waals surface area contributed by atoms with Gasteiger partial charge in [0.25, 0.3) is 0 Å². The van der Waals surface area contributed by atoms with E-state index in [1.54, 1.807) is 18.2 Å². The summed E-state index contributed by atoms with van der Waals surface area (Å²) in [5.41, 5.74) is -15.4. The molecule has 0 aromatic heterocycles. The Labute approximate surface area is 283 Å². The number of fused-ring (bicyclic) bond motifs is 2. The van der Waals surface area contributed by atoms with Crippen LogP contribution in [0.5, 0.6) is 0 Å². The zero-order valence-corrected chi connectivity index (χ0v) is 24.8. The maximum absolute atomic E-state index is 14.8. The van der Waals surface area contributed by atoms with Gasteiger partial charge in [0, 0.05) is 44.5 Å². The normalized spacial score (nSPS) is 13.2. The Bertz CT molecular complexity index is 2410.